The van der Waals surface area contributed by atoms with Crippen LogP contribution in [0.3, 0.4) is 0 Å². The fraction of sp³-hybridized carbons (Fsp3) is 0.257. The number of benzene rings is 4. The fourth-order valence-corrected chi connectivity index (χ4v) is 8.46. The number of aryl methyl sites for hydroxylation is 1. The van der Waals surface area contributed by atoms with Crippen molar-refractivity contribution in [1.29, 1.82) is 0 Å². The third-order valence-electron chi connectivity index (χ3n) is 8.02. The molecule has 1 fully saturated rings. The largest absolute Gasteiger partial charge is 0.392 e. The van der Waals surface area contributed by atoms with Crippen LogP contribution in [0, 0.1) is 12.8 Å². The van der Waals surface area contributed by atoms with Gasteiger partial charge in [0.2, 0.25) is 10.0 Å². The van der Waals surface area contributed by atoms with Crippen molar-refractivity contribution in [3.8, 4) is 11.1 Å². The number of hydrogen-bond acceptors (Lipinski definition) is 9. The lowest BCUT2D eigenvalue weighted by atomic mass is 9.91. The molecule has 0 bridgehead atoms. The van der Waals surface area contributed by atoms with Crippen LogP contribution in [-0.4, -0.2) is 35.6 Å². The minimum Gasteiger partial charge on any atom is -0.392 e. The van der Waals surface area contributed by atoms with Gasteiger partial charge in [0.05, 0.1) is 23.7 Å². The molecule has 0 saturated carbocycles. The smallest absolute Gasteiger partial charge is 0.240 e. The topological polar surface area (TPSA) is 111 Å². The van der Waals surface area contributed by atoms with Crippen LogP contribution < -0.4 is 4.72 Å². The molecular weight excluding hydrogens is 639 g/mol. The highest BCUT2D eigenvalue weighted by Gasteiger charge is 2.38. The summed E-state index contributed by atoms with van der Waals surface area (Å²) in [6.07, 6.45) is -0.928. The molecule has 2 N–H and O–H groups in total. The summed E-state index contributed by atoms with van der Waals surface area (Å²) < 4.78 is 42.6. The van der Waals surface area contributed by atoms with Gasteiger partial charge in [-0.15, -0.1) is 10.2 Å². The van der Waals surface area contributed by atoms with Gasteiger partial charge >= 0.3 is 0 Å². The molecule has 0 spiro atoms. The van der Waals surface area contributed by atoms with Crippen LogP contribution >= 0.6 is 23.1 Å². The number of thioether (sulfide) groups is 1. The van der Waals surface area contributed by atoms with E-state index >= 15 is 0 Å². The zero-order valence-electron chi connectivity index (χ0n) is 25.4. The van der Waals surface area contributed by atoms with Crippen molar-refractivity contribution in [2.45, 2.75) is 54.7 Å². The van der Waals surface area contributed by atoms with Gasteiger partial charge in [0.15, 0.2) is 10.6 Å². The second kappa shape index (κ2) is 14.6. The van der Waals surface area contributed by atoms with Crippen molar-refractivity contribution in [2.75, 3.05) is 5.75 Å². The zero-order valence-corrected chi connectivity index (χ0v) is 27.9. The molecule has 0 aliphatic carbocycles. The fourth-order valence-electron chi connectivity index (χ4n) is 5.43. The average molecular weight is 674 g/mol. The molecule has 1 saturated heterocycles. The zero-order chi connectivity index (χ0) is 32.1. The van der Waals surface area contributed by atoms with Crippen molar-refractivity contribution >= 4 is 33.1 Å². The Morgan fingerprint density at radius 3 is 2.26 bits per heavy atom. The number of hydrogen-bond donors (Lipinski definition) is 2. The first-order valence-corrected chi connectivity index (χ1v) is 18.3. The summed E-state index contributed by atoms with van der Waals surface area (Å²) >= 11 is 3.21. The Kier molecular flexibility index (Phi) is 10.3. The number of nitrogens with one attached hydrogen (secondary N) is 1. The minimum atomic E-state index is -3.65. The first-order chi connectivity index (χ1) is 22.3. The predicted octanol–water partition coefficient (Wildman–Crippen LogP) is 7.07. The number of ether oxygens (including phenoxy) is 2. The summed E-state index contributed by atoms with van der Waals surface area (Å²) in [4.78, 5) is 0.233. The number of sulfonamides is 1. The minimum absolute atomic E-state index is 0.0119. The first kappa shape index (κ1) is 32.5. The lowest BCUT2D eigenvalue weighted by Gasteiger charge is -2.41. The number of rotatable bonds is 11. The quantitative estimate of drug-likeness (QED) is 0.143. The normalized spacial score (nSPS) is 20.1. The molecule has 1 aromatic heterocycles. The molecule has 0 radical (unpaired) electrons. The van der Waals surface area contributed by atoms with E-state index in [4.69, 9.17) is 9.47 Å². The van der Waals surface area contributed by atoms with Crippen molar-refractivity contribution in [3.05, 3.63) is 130 Å². The Bertz CT molecular complexity index is 1850. The van der Waals surface area contributed by atoms with Gasteiger partial charge in [-0.25, -0.2) is 13.1 Å². The predicted molar refractivity (Wildman–Crippen MR) is 181 cm³/mol. The maximum atomic E-state index is 12.9. The van der Waals surface area contributed by atoms with E-state index in [9.17, 15) is 13.5 Å². The SMILES string of the molecule is Cc1nnc(SCC2OC(c3ccc(-c4ccccc4CNS(=O)(=O)c4ccccc4)cc3)OC(c3ccc(CO)cc3)C2C)s1. The van der Waals surface area contributed by atoms with Gasteiger partial charge in [0.25, 0.3) is 0 Å². The molecular formula is C35H35N3O5S3. The van der Waals surface area contributed by atoms with Gasteiger partial charge in [0, 0.05) is 23.8 Å². The molecule has 8 nitrogen and oxygen atoms in total. The number of aromatic nitrogens is 2. The molecule has 46 heavy (non-hydrogen) atoms. The van der Waals surface area contributed by atoms with Crippen LogP contribution in [0.5, 0.6) is 0 Å². The molecule has 1 aliphatic heterocycles. The number of aliphatic hydroxyl groups is 1. The number of aliphatic hydroxyl groups excluding tert-OH is 1. The molecule has 4 unspecified atom stereocenters. The van der Waals surface area contributed by atoms with Gasteiger partial charge in [-0.05, 0) is 46.9 Å². The van der Waals surface area contributed by atoms with Crippen LogP contribution in [-0.2, 0) is 32.6 Å². The lowest BCUT2D eigenvalue weighted by Crippen LogP contribution is -2.38. The Balaban J connectivity index is 1.22. The lowest BCUT2D eigenvalue weighted by molar-refractivity contribution is -0.268. The Labute approximate surface area is 277 Å². The van der Waals surface area contributed by atoms with Crippen molar-refractivity contribution in [1.82, 2.24) is 14.9 Å². The standard InChI is InChI=1S/C35H35N3O5S3/c1-23-32(22-44-35-38-37-24(2)45-35)42-34(43-33(23)27-14-12-25(21-39)13-15-27)28-18-16-26(17-19-28)31-11-7-6-8-29(31)20-36-46(40,41)30-9-4-3-5-10-30/h3-19,23,32-34,36,39H,20-22H2,1-2H3. The van der Waals surface area contributed by atoms with Gasteiger partial charge in [-0.2, -0.15) is 0 Å². The molecule has 4 atom stereocenters. The van der Waals surface area contributed by atoms with E-state index < -0.39 is 16.3 Å². The second-order valence-corrected chi connectivity index (χ2v) is 15.4. The third kappa shape index (κ3) is 7.58. The molecule has 6 rings (SSSR count). The third-order valence-corrected chi connectivity index (χ3v) is 11.5. The second-order valence-electron chi connectivity index (χ2n) is 11.1. The average Bonchev–Trinajstić information content (AvgIpc) is 3.52. The van der Waals surface area contributed by atoms with Gasteiger partial charge in [-0.3, -0.25) is 0 Å². The van der Waals surface area contributed by atoms with Crippen LogP contribution in [0.15, 0.2) is 112 Å². The summed E-state index contributed by atoms with van der Waals surface area (Å²) in [7, 11) is -3.65. The van der Waals surface area contributed by atoms with Crippen LogP contribution in [0.1, 0.15) is 46.6 Å². The molecule has 1 aliphatic rings. The van der Waals surface area contributed by atoms with E-state index in [0.717, 1.165) is 42.7 Å². The van der Waals surface area contributed by atoms with Crippen molar-refractivity contribution in [3.63, 3.8) is 0 Å². The van der Waals surface area contributed by atoms with Crippen molar-refractivity contribution < 1.29 is 23.0 Å². The summed E-state index contributed by atoms with van der Waals surface area (Å²) in [6, 6.07) is 32.1. The van der Waals surface area contributed by atoms with Crippen LogP contribution in [0.4, 0.5) is 0 Å². The summed E-state index contributed by atoms with van der Waals surface area (Å²) in [5, 5.41) is 18.9. The Morgan fingerprint density at radius 2 is 1.57 bits per heavy atom. The maximum absolute atomic E-state index is 12.9. The Hall–Kier alpha value is -3.42. The van der Waals surface area contributed by atoms with E-state index in [1.165, 1.54) is 0 Å². The molecule has 0 amide bonds. The summed E-state index contributed by atoms with van der Waals surface area (Å²) in [6.45, 7) is 4.24. The molecule has 11 heteroatoms. The van der Waals surface area contributed by atoms with Crippen LogP contribution in [0.2, 0.25) is 0 Å². The molecule has 238 valence electrons. The van der Waals surface area contributed by atoms with Gasteiger partial charge in [0.1, 0.15) is 5.01 Å². The summed E-state index contributed by atoms with van der Waals surface area (Å²) in [5.41, 5.74) is 5.52. The van der Waals surface area contributed by atoms with E-state index in [-0.39, 0.29) is 36.2 Å². The summed E-state index contributed by atoms with van der Waals surface area (Å²) in [5.74, 6) is 0.758. The van der Waals surface area contributed by atoms with Gasteiger partial charge in [-0.1, -0.05) is 121 Å². The molecule has 2 heterocycles. The van der Waals surface area contributed by atoms with E-state index in [0.29, 0.717) is 5.75 Å². The highest BCUT2D eigenvalue weighted by molar-refractivity contribution is 8.01. The van der Waals surface area contributed by atoms with Crippen LogP contribution in [0.25, 0.3) is 11.1 Å². The Morgan fingerprint density at radius 1 is 0.870 bits per heavy atom. The first-order valence-electron chi connectivity index (χ1n) is 15.0. The van der Waals surface area contributed by atoms with Gasteiger partial charge < -0.3 is 14.6 Å². The van der Waals surface area contributed by atoms with Crippen molar-refractivity contribution in [2.24, 2.45) is 5.92 Å². The highest BCUT2D eigenvalue weighted by atomic mass is 32.2. The number of nitrogens with zero attached hydrogens (tertiary/aromatic N) is 2. The van der Waals surface area contributed by atoms with E-state index in [1.807, 2.05) is 79.7 Å². The van der Waals surface area contributed by atoms with E-state index in [2.05, 4.69) is 21.8 Å². The highest BCUT2D eigenvalue weighted by Crippen LogP contribution is 2.43. The molecule has 4 aromatic carbocycles. The van der Waals surface area contributed by atoms with E-state index in [1.54, 1.807) is 53.4 Å². The monoisotopic (exact) mass is 673 g/mol. The maximum Gasteiger partial charge on any atom is 0.240 e. The molecule has 5 aromatic rings.